The Morgan fingerprint density at radius 2 is 1.83 bits per heavy atom. The first-order valence-electron chi connectivity index (χ1n) is 6.90. The molecule has 2 rings (SSSR count). The summed E-state index contributed by atoms with van der Waals surface area (Å²) >= 11 is 0. The van der Waals surface area contributed by atoms with Crippen LogP contribution < -0.4 is 20.9 Å². The SMILES string of the molecule is CNC(=O)c1ccc(=O)n(CC(=O)Nc2ccc(OC)cc2)c1. The van der Waals surface area contributed by atoms with Crippen LogP contribution in [0.3, 0.4) is 0 Å². The lowest BCUT2D eigenvalue weighted by molar-refractivity contribution is -0.116. The number of carbonyl (C=O) groups is 2. The summed E-state index contributed by atoms with van der Waals surface area (Å²) in [5.74, 6) is -0.0156. The van der Waals surface area contributed by atoms with E-state index in [1.54, 1.807) is 31.4 Å². The van der Waals surface area contributed by atoms with Crippen LogP contribution in [0.4, 0.5) is 5.69 Å². The van der Waals surface area contributed by atoms with Crippen molar-refractivity contribution in [1.82, 2.24) is 9.88 Å². The van der Waals surface area contributed by atoms with E-state index in [9.17, 15) is 14.4 Å². The zero-order chi connectivity index (χ0) is 16.8. The second kappa shape index (κ2) is 7.26. The molecule has 0 radical (unpaired) electrons. The monoisotopic (exact) mass is 315 g/mol. The molecule has 7 heteroatoms. The molecule has 0 aliphatic heterocycles. The highest BCUT2D eigenvalue weighted by molar-refractivity contribution is 5.94. The Labute approximate surface area is 132 Å². The predicted octanol–water partition coefficient (Wildman–Crippen LogP) is 0.855. The summed E-state index contributed by atoms with van der Waals surface area (Å²) in [5.41, 5.74) is 0.540. The van der Waals surface area contributed by atoms with Gasteiger partial charge in [-0.1, -0.05) is 0 Å². The van der Waals surface area contributed by atoms with Gasteiger partial charge in [-0.05, 0) is 30.3 Å². The lowest BCUT2D eigenvalue weighted by atomic mass is 10.2. The molecular weight excluding hydrogens is 298 g/mol. The number of hydrogen-bond acceptors (Lipinski definition) is 4. The number of carbonyl (C=O) groups excluding carboxylic acids is 2. The number of rotatable bonds is 5. The minimum absolute atomic E-state index is 0.185. The molecule has 0 saturated carbocycles. The Morgan fingerprint density at radius 3 is 2.43 bits per heavy atom. The van der Waals surface area contributed by atoms with Gasteiger partial charge in [-0.15, -0.1) is 0 Å². The van der Waals surface area contributed by atoms with Crippen molar-refractivity contribution in [2.24, 2.45) is 0 Å². The average Bonchev–Trinajstić information content (AvgIpc) is 2.56. The molecule has 1 heterocycles. The molecule has 0 fully saturated rings. The number of ether oxygens (including phenoxy) is 1. The van der Waals surface area contributed by atoms with Crippen LogP contribution >= 0.6 is 0 Å². The lowest BCUT2D eigenvalue weighted by Crippen LogP contribution is -2.29. The van der Waals surface area contributed by atoms with Crippen molar-refractivity contribution in [2.45, 2.75) is 6.54 Å². The Hall–Kier alpha value is -3.09. The predicted molar refractivity (Wildman–Crippen MR) is 85.7 cm³/mol. The van der Waals surface area contributed by atoms with E-state index in [2.05, 4.69) is 10.6 Å². The number of benzene rings is 1. The smallest absolute Gasteiger partial charge is 0.252 e. The first-order chi connectivity index (χ1) is 11.0. The van der Waals surface area contributed by atoms with Gasteiger partial charge in [-0.25, -0.2) is 0 Å². The molecule has 2 aromatic rings. The summed E-state index contributed by atoms with van der Waals surface area (Å²) in [7, 11) is 3.05. The lowest BCUT2D eigenvalue weighted by Gasteiger charge is -2.09. The average molecular weight is 315 g/mol. The number of hydrogen-bond donors (Lipinski definition) is 2. The van der Waals surface area contributed by atoms with Crippen molar-refractivity contribution in [2.75, 3.05) is 19.5 Å². The molecule has 2 amide bonds. The first kappa shape index (κ1) is 16.3. The summed E-state index contributed by atoms with van der Waals surface area (Å²) in [5, 5.41) is 5.14. The fourth-order valence-corrected chi connectivity index (χ4v) is 1.96. The van der Waals surface area contributed by atoms with Gasteiger partial charge >= 0.3 is 0 Å². The van der Waals surface area contributed by atoms with Crippen LogP contribution in [-0.4, -0.2) is 30.5 Å². The molecule has 0 atom stereocenters. The number of nitrogens with zero attached hydrogens (tertiary/aromatic N) is 1. The van der Waals surface area contributed by atoms with Crippen molar-refractivity contribution >= 4 is 17.5 Å². The number of amides is 2. The van der Waals surface area contributed by atoms with Crippen molar-refractivity contribution in [3.8, 4) is 5.75 Å². The Balaban J connectivity index is 2.10. The molecule has 23 heavy (non-hydrogen) atoms. The van der Waals surface area contributed by atoms with E-state index < -0.39 is 0 Å². The largest absolute Gasteiger partial charge is 0.497 e. The van der Waals surface area contributed by atoms with Crippen LogP contribution in [0.2, 0.25) is 0 Å². The van der Waals surface area contributed by atoms with Crippen molar-refractivity contribution in [1.29, 1.82) is 0 Å². The highest BCUT2D eigenvalue weighted by Gasteiger charge is 2.09. The zero-order valence-electron chi connectivity index (χ0n) is 12.8. The van der Waals surface area contributed by atoms with Crippen molar-refractivity contribution < 1.29 is 14.3 Å². The third kappa shape index (κ3) is 4.19. The zero-order valence-corrected chi connectivity index (χ0v) is 12.8. The van der Waals surface area contributed by atoms with Crippen LogP contribution in [0, 0.1) is 0 Å². The Morgan fingerprint density at radius 1 is 1.13 bits per heavy atom. The molecular formula is C16H17N3O4. The highest BCUT2D eigenvalue weighted by Crippen LogP contribution is 2.14. The second-order valence-corrected chi connectivity index (χ2v) is 4.74. The molecule has 0 bridgehead atoms. The van der Waals surface area contributed by atoms with Crippen molar-refractivity contribution in [3.63, 3.8) is 0 Å². The number of anilines is 1. The second-order valence-electron chi connectivity index (χ2n) is 4.74. The van der Waals surface area contributed by atoms with E-state index in [1.807, 2.05) is 0 Å². The molecule has 1 aromatic heterocycles. The number of pyridine rings is 1. The van der Waals surface area contributed by atoms with E-state index >= 15 is 0 Å². The Kier molecular flexibility index (Phi) is 5.14. The van der Waals surface area contributed by atoms with Gasteiger partial charge in [0.25, 0.3) is 11.5 Å². The van der Waals surface area contributed by atoms with E-state index in [0.717, 1.165) is 0 Å². The van der Waals surface area contributed by atoms with Gasteiger partial charge in [0.1, 0.15) is 12.3 Å². The quantitative estimate of drug-likeness (QED) is 0.856. The minimum Gasteiger partial charge on any atom is -0.497 e. The maximum Gasteiger partial charge on any atom is 0.252 e. The first-order valence-corrected chi connectivity index (χ1v) is 6.90. The van der Waals surface area contributed by atoms with Gasteiger partial charge < -0.3 is 19.9 Å². The fraction of sp³-hybridized carbons (Fsp3) is 0.188. The fourth-order valence-electron chi connectivity index (χ4n) is 1.96. The number of methoxy groups -OCH3 is 1. The summed E-state index contributed by atoms with van der Waals surface area (Å²) in [6.45, 7) is -0.185. The molecule has 0 spiro atoms. The van der Waals surface area contributed by atoms with Gasteiger partial charge in [0, 0.05) is 25.0 Å². The molecule has 0 aliphatic rings. The highest BCUT2D eigenvalue weighted by atomic mass is 16.5. The molecule has 0 saturated heterocycles. The summed E-state index contributed by atoms with van der Waals surface area (Å²) in [6.07, 6.45) is 1.36. The minimum atomic E-state index is -0.369. The normalized spacial score (nSPS) is 10.0. The number of nitrogens with one attached hydrogen (secondary N) is 2. The van der Waals surface area contributed by atoms with E-state index in [-0.39, 0.29) is 23.9 Å². The van der Waals surface area contributed by atoms with Gasteiger partial charge in [-0.2, -0.15) is 0 Å². The standard InChI is InChI=1S/C16H17N3O4/c1-17-16(22)11-3-8-15(21)19(9-11)10-14(20)18-12-4-6-13(23-2)7-5-12/h3-9H,10H2,1-2H3,(H,17,22)(H,18,20). The summed E-state index contributed by atoms with van der Waals surface area (Å²) in [4.78, 5) is 35.4. The molecule has 7 nitrogen and oxygen atoms in total. The third-order valence-electron chi connectivity index (χ3n) is 3.16. The van der Waals surface area contributed by atoms with Gasteiger partial charge in [0.05, 0.1) is 12.7 Å². The Bertz CT molecular complexity index is 766. The maximum atomic E-state index is 12.0. The van der Waals surface area contributed by atoms with E-state index in [0.29, 0.717) is 17.0 Å². The van der Waals surface area contributed by atoms with Gasteiger partial charge in [-0.3, -0.25) is 14.4 Å². The topological polar surface area (TPSA) is 89.4 Å². The van der Waals surface area contributed by atoms with Crippen LogP contribution in [0.25, 0.3) is 0 Å². The summed E-state index contributed by atoms with van der Waals surface area (Å²) in [6, 6.07) is 9.49. The number of aromatic nitrogens is 1. The van der Waals surface area contributed by atoms with E-state index in [4.69, 9.17) is 4.74 Å². The van der Waals surface area contributed by atoms with Crippen molar-refractivity contribution in [3.05, 3.63) is 58.5 Å². The third-order valence-corrected chi connectivity index (χ3v) is 3.16. The molecule has 1 aromatic carbocycles. The molecule has 2 N–H and O–H groups in total. The molecule has 120 valence electrons. The van der Waals surface area contributed by atoms with Crippen LogP contribution in [0.1, 0.15) is 10.4 Å². The van der Waals surface area contributed by atoms with Crippen LogP contribution in [0.15, 0.2) is 47.4 Å². The molecule has 0 aliphatic carbocycles. The summed E-state index contributed by atoms with van der Waals surface area (Å²) < 4.78 is 6.22. The van der Waals surface area contributed by atoms with Gasteiger partial charge in [0.2, 0.25) is 5.91 Å². The maximum absolute atomic E-state index is 12.0. The molecule has 0 unspecified atom stereocenters. The van der Waals surface area contributed by atoms with Crippen LogP contribution in [0.5, 0.6) is 5.75 Å². The van der Waals surface area contributed by atoms with Crippen LogP contribution in [-0.2, 0) is 11.3 Å². The van der Waals surface area contributed by atoms with Gasteiger partial charge in [0.15, 0.2) is 0 Å². The van der Waals surface area contributed by atoms with E-state index in [1.165, 1.54) is 29.9 Å².